The zero-order valence-corrected chi connectivity index (χ0v) is 14.8. The molecule has 2 atom stereocenters. The Morgan fingerprint density at radius 2 is 2.04 bits per heavy atom. The Morgan fingerprint density at radius 1 is 1.17 bits per heavy atom. The maximum absolute atomic E-state index is 6.33. The smallest absolute Gasteiger partial charge is 0.118 e. The first kappa shape index (κ1) is 16.6. The van der Waals surface area contributed by atoms with Crippen molar-refractivity contribution in [2.45, 2.75) is 38.3 Å². The van der Waals surface area contributed by atoms with Gasteiger partial charge in [0.1, 0.15) is 17.1 Å². The van der Waals surface area contributed by atoms with Crippen LogP contribution < -0.4 is 0 Å². The van der Waals surface area contributed by atoms with E-state index in [1.165, 1.54) is 32.5 Å². The van der Waals surface area contributed by atoms with Crippen LogP contribution in [-0.2, 0) is 16.0 Å². The first-order chi connectivity index (χ1) is 11.7. The zero-order chi connectivity index (χ0) is 16.4. The Labute approximate surface area is 144 Å². The highest BCUT2D eigenvalue weighted by Gasteiger charge is 2.43. The number of likely N-dealkylation sites (tertiary alicyclic amines) is 1. The molecule has 0 saturated carbocycles. The van der Waals surface area contributed by atoms with E-state index in [-0.39, 0.29) is 5.60 Å². The molecule has 5 heteroatoms. The van der Waals surface area contributed by atoms with Crippen LogP contribution in [-0.4, -0.2) is 67.9 Å². The minimum Gasteiger partial charge on any atom is -0.465 e. The van der Waals surface area contributed by atoms with E-state index < -0.39 is 0 Å². The summed E-state index contributed by atoms with van der Waals surface area (Å²) in [5.41, 5.74) is -0.122. The fourth-order valence-electron chi connectivity index (χ4n) is 4.51. The molecule has 1 aromatic heterocycles. The van der Waals surface area contributed by atoms with Crippen molar-refractivity contribution < 1.29 is 13.9 Å². The molecule has 2 unspecified atom stereocenters. The van der Waals surface area contributed by atoms with Crippen LogP contribution in [0, 0.1) is 12.8 Å². The van der Waals surface area contributed by atoms with Crippen molar-refractivity contribution in [3.8, 4) is 0 Å². The quantitative estimate of drug-likeness (QED) is 0.845. The summed E-state index contributed by atoms with van der Waals surface area (Å²) in [6.45, 7) is 10.9. The molecule has 24 heavy (non-hydrogen) atoms. The summed E-state index contributed by atoms with van der Waals surface area (Å²) in [5, 5.41) is 0. The van der Waals surface area contributed by atoms with E-state index in [4.69, 9.17) is 13.9 Å². The first-order valence-corrected chi connectivity index (χ1v) is 9.43. The van der Waals surface area contributed by atoms with Gasteiger partial charge in [-0.2, -0.15) is 0 Å². The maximum atomic E-state index is 6.33. The number of aryl methyl sites for hydroxylation is 1. The number of nitrogens with zero attached hydrogens (tertiary/aromatic N) is 2. The van der Waals surface area contributed by atoms with Gasteiger partial charge in [-0.3, -0.25) is 4.90 Å². The molecule has 3 saturated heterocycles. The summed E-state index contributed by atoms with van der Waals surface area (Å²) in [4.78, 5) is 5.04. The third-order valence-electron chi connectivity index (χ3n) is 5.61. The molecule has 0 aliphatic carbocycles. The van der Waals surface area contributed by atoms with Gasteiger partial charge < -0.3 is 18.8 Å². The lowest BCUT2D eigenvalue weighted by molar-refractivity contribution is -0.0566. The summed E-state index contributed by atoms with van der Waals surface area (Å²) in [6.07, 6.45) is 3.84. The Hall–Kier alpha value is -0.880. The summed E-state index contributed by atoms with van der Waals surface area (Å²) in [5.74, 6) is 2.67. The van der Waals surface area contributed by atoms with Gasteiger partial charge in [-0.1, -0.05) is 0 Å². The Bertz CT molecular complexity index is 540. The van der Waals surface area contributed by atoms with E-state index in [0.29, 0.717) is 5.92 Å². The highest BCUT2D eigenvalue weighted by Crippen LogP contribution is 2.34. The Balaban J connectivity index is 1.36. The molecule has 0 aromatic carbocycles. The van der Waals surface area contributed by atoms with Crippen molar-refractivity contribution in [3.63, 3.8) is 0 Å². The molecule has 5 nitrogen and oxygen atoms in total. The molecule has 0 bridgehead atoms. The van der Waals surface area contributed by atoms with E-state index >= 15 is 0 Å². The molecule has 0 N–H and O–H groups in total. The van der Waals surface area contributed by atoms with Gasteiger partial charge in [0.25, 0.3) is 0 Å². The molecule has 3 aliphatic heterocycles. The van der Waals surface area contributed by atoms with E-state index in [2.05, 4.69) is 15.9 Å². The maximum Gasteiger partial charge on any atom is 0.118 e. The van der Waals surface area contributed by atoms with Crippen LogP contribution in [0.2, 0.25) is 0 Å². The standard InChI is InChI=1S/C19H30N2O3/c1-16-4-5-18(24-16)12-21-8-9-22-15-19(14-21)10-17(13-23-19)11-20-6-2-3-7-20/h4-5,17H,2-3,6-15H2,1H3. The zero-order valence-electron chi connectivity index (χ0n) is 14.8. The summed E-state index contributed by atoms with van der Waals surface area (Å²) in [6, 6.07) is 4.12. The average molecular weight is 334 g/mol. The molecular weight excluding hydrogens is 304 g/mol. The number of ether oxygens (including phenoxy) is 2. The highest BCUT2D eigenvalue weighted by molar-refractivity contribution is 5.06. The minimum absolute atomic E-state index is 0.122. The van der Waals surface area contributed by atoms with Crippen LogP contribution in [0.5, 0.6) is 0 Å². The van der Waals surface area contributed by atoms with Crippen LogP contribution in [0.15, 0.2) is 16.5 Å². The van der Waals surface area contributed by atoms with Crippen molar-refractivity contribution in [3.05, 3.63) is 23.7 Å². The van der Waals surface area contributed by atoms with Crippen molar-refractivity contribution >= 4 is 0 Å². The molecule has 4 heterocycles. The number of rotatable bonds is 4. The third kappa shape index (κ3) is 3.85. The monoisotopic (exact) mass is 334 g/mol. The fraction of sp³-hybridized carbons (Fsp3) is 0.789. The predicted molar refractivity (Wildman–Crippen MR) is 92.0 cm³/mol. The lowest BCUT2D eigenvalue weighted by Gasteiger charge is -2.31. The highest BCUT2D eigenvalue weighted by atomic mass is 16.5. The van der Waals surface area contributed by atoms with Crippen LogP contribution in [0.1, 0.15) is 30.8 Å². The normalized spacial score (nSPS) is 32.6. The van der Waals surface area contributed by atoms with Crippen LogP contribution >= 0.6 is 0 Å². The SMILES string of the molecule is Cc1ccc(CN2CCOCC3(CC(CN4CCCC4)CO3)C2)o1. The van der Waals surface area contributed by atoms with Gasteiger partial charge in [-0.15, -0.1) is 0 Å². The fourth-order valence-corrected chi connectivity index (χ4v) is 4.51. The van der Waals surface area contributed by atoms with Gasteiger partial charge in [-0.25, -0.2) is 0 Å². The summed E-state index contributed by atoms with van der Waals surface area (Å²) in [7, 11) is 0. The van der Waals surface area contributed by atoms with Crippen molar-refractivity contribution in [2.24, 2.45) is 5.92 Å². The van der Waals surface area contributed by atoms with Crippen LogP contribution in [0.4, 0.5) is 0 Å². The van der Waals surface area contributed by atoms with Crippen molar-refractivity contribution in [1.29, 1.82) is 0 Å². The summed E-state index contributed by atoms with van der Waals surface area (Å²) < 4.78 is 18.0. The van der Waals surface area contributed by atoms with Gasteiger partial charge in [-0.05, 0) is 57.3 Å². The number of hydrogen-bond donors (Lipinski definition) is 0. The molecule has 0 amide bonds. The van der Waals surface area contributed by atoms with Crippen LogP contribution in [0.25, 0.3) is 0 Å². The Morgan fingerprint density at radius 3 is 2.83 bits per heavy atom. The lowest BCUT2D eigenvalue weighted by atomic mass is 9.94. The second kappa shape index (κ2) is 7.16. The topological polar surface area (TPSA) is 38.1 Å². The molecule has 0 radical (unpaired) electrons. The van der Waals surface area contributed by atoms with Gasteiger partial charge in [0.05, 0.1) is 26.4 Å². The van der Waals surface area contributed by atoms with E-state index in [0.717, 1.165) is 57.4 Å². The van der Waals surface area contributed by atoms with E-state index in [1.54, 1.807) is 0 Å². The molecule has 3 aliphatic rings. The predicted octanol–water partition coefficient (Wildman–Crippen LogP) is 2.29. The van der Waals surface area contributed by atoms with Gasteiger partial charge >= 0.3 is 0 Å². The third-order valence-corrected chi connectivity index (χ3v) is 5.61. The molecular formula is C19H30N2O3. The van der Waals surface area contributed by atoms with Gasteiger partial charge in [0.2, 0.25) is 0 Å². The van der Waals surface area contributed by atoms with Gasteiger partial charge in [0.15, 0.2) is 0 Å². The van der Waals surface area contributed by atoms with E-state index in [1.807, 2.05) is 13.0 Å². The van der Waals surface area contributed by atoms with E-state index in [9.17, 15) is 0 Å². The molecule has 134 valence electrons. The average Bonchev–Trinajstić information content (AvgIpc) is 3.25. The molecule has 4 rings (SSSR count). The van der Waals surface area contributed by atoms with Crippen molar-refractivity contribution in [1.82, 2.24) is 9.80 Å². The largest absolute Gasteiger partial charge is 0.465 e. The lowest BCUT2D eigenvalue weighted by Crippen LogP contribution is -2.44. The molecule has 1 aromatic rings. The minimum atomic E-state index is -0.122. The second-order valence-electron chi connectivity index (χ2n) is 7.85. The summed E-state index contributed by atoms with van der Waals surface area (Å²) >= 11 is 0. The Kier molecular flexibility index (Phi) is 4.95. The molecule has 1 spiro atoms. The van der Waals surface area contributed by atoms with Crippen LogP contribution in [0.3, 0.4) is 0 Å². The molecule has 3 fully saturated rings. The number of furan rings is 1. The van der Waals surface area contributed by atoms with Gasteiger partial charge in [0, 0.05) is 19.6 Å². The number of hydrogen-bond acceptors (Lipinski definition) is 5. The van der Waals surface area contributed by atoms with Crippen molar-refractivity contribution in [2.75, 3.05) is 52.5 Å². The second-order valence-corrected chi connectivity index (χ2v) is 7.85. The first-order valence-electron chi connectivity index (χ1n) is 9.43.